The highest BCUT2D eigenvalue weighted by Gasteiger charge is 2.08. The number of nitrogens with zero attached hydrogens (tertiary/aromatic N) is 3. The van der Waals surface area contributed by atoms with Gasteiger partial charge in [-0.3, -0.25) is 0 Å². The van der Waals surface area contributed by atoms with Crippen LogP contribution in [0.25, 0.3) is 21.7 Å². The summed E-state index contributed by atoms with van der Waals surface area (Å²) in [6.07, 6.45) is 3.85. The quantitative estimate of drug-likeness (QED) is 0.243. The van der Waals surface area contributed by atoms with Gasteiger partial charge in [-0.05, 0) is 34.5 Å². The van der Waals surface area contributed by atoms with E-state index >= 15 is 0 Å². The highest BCUT2D eigenvalue weighted by Crippen LogP contribution is 2.23. The van der Waals surface area contributed by atoms with E-state index in [1.807, 2.05) is 24.3 Å². The van der Waals surface area contributed by atoms with Crippen molar-refractivity contribution < 1.29 is 4.84 Å². The third-order valence-electron chi connectivity index (χ3n) is 5.61. The van der Waals surface area contributed by atoms with E-state index in [2.05, 4.69) is 82.7 Å². The molecule has 32 heavy (non-hydrogen) atoms. The van der Waals surface area contributed by atoms with Gasteiger partial charge in [-0.1, -0.05) is 78.0 Å². The fraction of sp³-hybridized carbons (Fsp3) is 0.0714. The van der Waals surface area contributed by atoms with Gasteiger partial charge < -0.3 is 9.40 Å². The Labute approximate surface area is 186 Å². The summed E-state index contributed by atoms with van der Waals surface area (Å²) < 4.78 is 2.24. The van der Waals surface area contributed by atoms with E-state index in [0.717, 1.165) is 28.6 Å². The molecule has 4 nitrogen and oxygen atoms in total. The zero-order valence-electron chi connectivity index (χ0n) is 17.5. The lowest BCUT2D eigenvalue weighted by molar-refractivity contribution is 0.132. The maximum absolute atomic E-state index is 9.21. The predicted molar refractivity (Wildman–Crippen MR) is 129 cm³/mol. The Kier molecular flexibility index (Phi) is 5.38. The average molecular weight is 415 g/mol. The summed E-state index contributed by atoms with van der Waals surface area (Å²) in [7, 11) is 0. The number of benzene rings is 4. The van der Waals surface area contributed by atoms with Crippen LogP contribution in [-0.2, 0) is 18.0 Å². The summed E-state index contributed by atoms with van der Waals surface area (Å²) in [6.45, 7) is 1.03. The normalized spacial score (nSPS) is 11.2. The first kappa shape index (κ1) is 19.6. The van der Waals surface area contributed by atoms with Gasteiger partial charge in [-0.25, -0.2) is 0 Å². The third kappa shape index (κ3) is 3.97. The first-order valence-corrected chi connectivity index (χ1v) is 10.5. The summed E-state index contributed by atoms with van der Waals surface area (Å²) >= 11 is 0. The molecular weight excluding hydrogens is 394 g/mol. The van der Waals surface area contributed by atoms with Gasteiger partial charge in [-0.2, -0.15) is 5.26 Å². The molecule has 0 aliphatic rings. The molecule has 0 unspecified atom stereocenters. The number of oxime groups is 1. The molecule has 0 bridgehead atoms. The van der Waals surface area contributed by atoms with Crippen LogP contribution in [0.4, 0.5) is 0 Å². The molecule has 0 amide bonds. The Balaban J connectivity index is 1.38. The second kappa shape index (κ2) is 8.79. The molecule has 5 rings (SSSR count). The number of fused-ring (bicyclic) bond motifs is 2. The van der Waals surface area contributed by atoms with Crippen molar-refractivity contribution in [3.05, 3.63) is 119 Å². The van der Waals surface area contributed by atoms with Gasteiger partial charge >= 0.3 is 0 Å². The second-order valence-electron chi connectivity index (χ2n) is 7.69. The number of rotatable bonds is 6. The number of aromatic nitrogens is 1. The summed E-state index contributed by atoms with van der Waals surface area (Å²) in [6, 6.07) is 32.9. The molecule has 0 aliphatic heterocycles. The number of para-hydroxylation sites is 1. The molecule has 1 heterocycles. The van der Waals surface area contributed by atoms with Crippen LogP contribution in [0.15, 0.2) is 102 Å². The zero-order valence-corrected chi connectivity index (χ0v) is 17.5. The first-order chi connectivity index (χ1) is 15.8. The molecule has 0 saturated carbocycles. The largest absolute Gasteiger partial charge is 0.391 e. The molecule has 0 fully saturated rings. The lowest BCUT2D eigenvalue weighted by Crippen LogP contribution is -1.97. The topological polar surface area (TPSA) is 50.3 Å². The Morgan fingerprint density at radius 2 is 1.66 bits per heavy atom. The van der Waals surface area contributed by atoms with Crippen LogP contribution in [0.1, 0.15) is 22.3 Å². The average Bonchev–Trinajstić information content (AvgIpc) is 3.19. The van der Waals surface area contributed by atoms with Crippen LogP contribution in [0.2, 0.25) is 0 Å². The third-order valence-corrected chi connectivity index (χ3v) is 5.61. The van der Waals surface area contributed by atoms with Gasteiger partial charge in [0.2, 0.25) is 0 Å². The highest BCUT2D eigenvalue weighted by atomic mass is 16.6. The molecule has 4 heteroatoms. The van der Waals surface area contributed by atoms with E-state index in [4.69, 9.17) is 4.84 Å². The first-order valence-electron chi connectivity index (χ1n) is 10.5. The molecule has 0 spiro atoms. The molecule has 0 atom stereocenters. The minimum atomic E-state index is 0.260. The van der Waals surface area contributed by atoms with Crippen molar-refractivity contribution in [3.63, 3.8) is 0 Å². The maximum atomic E-state index is 9.21. The molecule has 5 aromatic rings. The molecule has 1 aromatic heterocycles. The molecule has 0 saturated heterocycles. The molecule has 0 radical (unpaired) electrons. The molecule has 154 valence electrons. The Morgan fingerprint density at radius 1 is 0.875 bits per heavy atom. The van der Waals surface area contributed by atoms with E-state index in [1.54, 1.807) is 12.3 Å². The van der Waals surface area contributed by atoms with Crippen LogP contribution >= 0.6 is 0 Å². The molecule has 0 N–H and O–H groups in total. The lowest BCUT2D eigenvalue weighted by atomic mass is 10.1. The Bertz CT molecular complexity index is 1470. The van der Waals surface area contributed by atoms with Crippen molar-refractivity contribution in [1.82, 2.24) is 4.57 Å². The Morgan fingerprint density at radius 3 is 2.56 bits per heavy atom. The van der Waals surface area contributed by atoms with Gasteiger partial charge in [0.05, 0.1) is 17.8 Å². The van der Waals surface area contributed by atoms with Crippen LogP contribution in [0, 0.1) is 11.3 Å². The van der Waals surface area contributed by atoms with Crippen LogP contribution < -0.4 is 0 Å². The van der Waals surface area contributed by atoms with E-state index in [0.29, 0.717) is 5.56 Å². The van der Waals surface area contributed by atoms with Crippen LogP contribution in [0.3, 0.4) is 0 Å². The van der Waals surface area contributed by atoms with E-state index < -0.39 is 0 Å². The van der Waals surface area contributed by atoms with Crippen molar-refractivity contribution in [2.45, 2.75) is 13.2 Å². The molecule has 0 aliphatic carbocycles. The van der Waals surface area contributed by atoms with Crippen molar-refractivity contribution in [1.29, 1.82) is 5.26 Å². The van der Waals surface area contributed by atoms with E-state index in [-0.39, 0.29) is 6.61 Å². The number of hydrogen-bond acceptors (Lipinski definition) is 3. The lowest BCUT2D eigenvalue weighted by Gasteiger charge is -2.07. The van der Waals surface area contributed by atoms with Gasteiger partial charge in [0.15, 0.2) is 0 Å². The van der Waals surface area contributed by atoms with Crippen LogP contribution in [-0.4, -0.2) is 10.8 Å². The SMILES string of the molecule is N#Cc1ccccc1CO/N=C\c1cn(Cc2ccc3ccccc3c2)c2ccccc12. The van der Waals surface area contributed by atoms with Crippen molar-refractivity contribution in [3.8, 4) is 6.07 Å². The minimum Gasteiger partial charge on any atom is -0.391 e. The van der Waals surface area contributed by atoms with Crippen LogP contribution in [0.5, 0.6) is 0 Å². The number of hydrogen-bond donors (Lipinski definition) is 0. The molecule has 4 aromatic carbocycles. The van der Waals surface area contributed by atoms with Gasteiger partial charge in [-0.15, -0.1) is 0 Å². The monoisotopic (exact) mass is 415 g/mol. The minimum absolute atomic E-state index is 0.260. The fourth-order valence-corrected chi connectivity index (χ4v) is 4.00. The van der Waals surface area contributed by atoms with Gasteiger partial charge in [0, 0.05) is 34.8 Å². The number of nitriles is 1. The standard InChI is InChI=1S/C28H21N3O/c29-16-24-9-3-4-10-25(24)20-32-30-17-26-19-31(28-12-6-5-11-27(26)28)18-21-13-14-22-7-1-2-8-23(22)15-21/h1-15,17,19H,18,20H2/b30-17-. The predicted octanol–water partition coefficient (Wildman–Crippen LogP) is 6.27. The smallest absolute Gasteiger partial charge is 0.143 e. The second-order valence-corrected chi connectivity index (χ2v) is 7.69. The van der Waals surface area contributed by atoms with Gasteiger partial charge in [0.25, 0.3) is 0 Å². The van der Waals surface area contributed by atoms with E-state index in [1.165, 1.54) is 16.3 Å². The van der Waals surface area contributed by atoms with Gasteiger partial charge in [0.1, 0.15) is 6.61 Å². The summed E-state index contributed by atoms with van der Waals surface area (Å²) in [5, 5.41) is 17.0. The van der Waals surface area contributed by atoms with E-state index in [9.17, 15) is 5.26 Å². The zero-order chi connectivity index (χ0) is 21.8. The highest BCUT2D eigenvalue weighted by molar-refractivity contribution is 5.99. The summed E-state index contributed by atoms with van der Waals surface area (Å²) in [5.41, 5.74) is 4.82. The molecular formula is C28H21N3O. The summed E-state index contributed by atoms with van der Waals surface area (Å²) in [5.74, 6) is 0. The Hall–Kier alpha value is -4.36. The van der Waals surface area contributed by atoms with Crippen molar-refractivity contribution in [2.75, 3.05) is 0 Å². The maximum Gasteiger partial charge on any atom is 0.143 e. The van der Waals surface area contributed by atoms with Crippen molar-refractivity contribution in [2.24, 2.45) is 5.16 Å². The van der Waals surface area contributed by atoms with Crippen molar-refractivity contribution >= 4 is 27.9 Å². The summed E-state index contributed by atoms with van der Waals surface area (Å²) in [4.78, 5) is 5.50. The fourth-order valence-electron chi connectivity index (χ4n) is 4.00.